The number of cyclic esters (lactones) is 1. The first-order valence-corrected chi connectivity index (χ1v) is 26.9. The van der Waals surface area contributed by atoms with Crippen LogP contribution in [-0.4, -0.2) is 217 Å². The summed E-state index contributed by atoms with van der Waals surface area (Å²) in [7, 11) is 0. The fraction of sp³-hybridized carbons (Fsp3) is 0.607. The summed E-state index contributed by atoms with van der Waals surface area (Å²) >= 11 is 0. The number of amides is 3. The number of alkyl carbamates (subject to hydrolysis) is 1. The van der Waals surface area contributed by atoms with Gasteiger partial charge in [-0.1, -0.05) is 117 Å². The smallest absolute Gasteiger partial charge is 0.462 e. The van der Waals surface area contributed by atoms with Crippen LogP contribution in [0.15, 0.2) is 110 Å². The van der Waals surface area contributed by atoms with Crippen LogP contribution in [0.25, 0.3) is 0 Å². The molecule has 25 nitrogen and oxygen atoms in total. The standard InChI is InChI=1S/C56H85N3O22/c1-5-23-75-54(72)59-49-45(68)34-77-52(51(49)70)79-41-20-18-16-14-12-10-8-7-9-11-13-15-17-19-35(3)43(66)25-36(4)78-48(69)28-39(63)26-38(62)21-22-42(65)44(67)27-40(64)30-56(74)31-47(80-55(73)76-24-6-2)50(46(29-41)81-56)58-53(71)57-37(32-60)33-61/h5-20,35-47,49-52,60-68,70,74H,1-2,21-34H2,3-4H3,(H,59,72)(H2,57,58,71)/b8-7+,11-9+,12-10+,15-13+,16-14+,19-17+,20-18+/t35-,36-,38+,39+,40-,41-,42+,43-,44+,45+,46-,47-,49-,50-,51-,52-,56+/m0/s1. The molecule has 17 atom stereocenters. The SMILES string of the molecule is C=CCOC(=O)N[C@@H]1[C@H](O)[C@H](O[C@H]2/C=C/C=C/C=C/C=C/C=C/C=C/C=C/[C@H](C)[C@@H](O)C[C@H](C)OC(=O)C[C@H](O)C[C@H](O)CC[C@@H](O)[C@H](O)C[C@H](O)C[C@]3(O)C[C@H](OC(=O)OCC=C)[C@@H](NC(=O)NC(CO)CO)[C@H](C2)O3)OC[C@H]1O. The Morgan fingerprint density at radius 3 is 1.93 bits per heavy atom. The van der Waals surface area contributed by atoms with Gasteiger partial charge in [0.15, 0.2) is 12.1 Å². The minimum Gasteiger partial charge on any atom is -0.462 e. The molecular formula is C56H85N3O22. The number of hydrogen-bond acceptors (Lipinski definition) is 22. The zero-order valence-corrected chi connectivity index (χ0v) is 45.8. The third-order valence-corrected chi connectivity index (χ3v) is 12.9. The van der Waals surface area contributed by atoms with Crippen molar-refractivity contribution < 1.29 is 109 Å². The van der Waals surface area contributed by atoms with E-state index in [1.165, 1.54) is 24.3 Å². The van der Waals surface area contributed by atoms with E-state index in [0.29, 0.717) is 0 Å². The lowest BCUT2D eigenvalue weighted by Crippen LogP contribution is -2.65. The lowest BCUT2D eigenvalue weighted by Gasteiger charge is -2.47. The first-order valence-electron chi connectivity index (χ1n) is 26.9. The maximum atomic E-state index is 13.5. The summed E-state index contributed by atoms with van der Waals surface area (Å²) in [6, 6.07) is -5.05. The number of rotatable bonds is 12. The Kier molecular flexibility index (Phi) is 32.2. The number of carbonyl (C=O) groups is 4. The normalized spacial score (nSPS) is 36.6. The molecule has 0 radical (unpaired) electrons. The molecule has 25 heteroatoms. The predicted molar refractivity (Wildman–Crippen MR) is 291 cm³/mol. The molecule has 0 aromatic rings. The van der Waals surface area contributed by atoms with E-state index in [1.807, 2.05) is 0 Å². The highest BCUT2D eigenvalue weighted by Gasteiger charge is 2.51. The van der Waals surface area contributed by atoms with Gasteiger partial charge in [0.2, 0.25) is 0 Å². The fourth-order valence-electron chi connectivity index (χ4n) is 8.73. The van der Waals surface area contributed by atoms with Gasteiger partial charge in [-0.25, -0.2) is 14.4 Å². The van der Waals surface area contributed by atoms with Crippen molar-refractivity contribution in [3.63, 3.8) is 0 Å². The summed E-state index contributed by atoms with van der Waals surface area (Å²) in [6.45, 7) is 8.03. The number of carbonyl (C=O) groups excluding carboxylic acids is 4. The number of aliphatic hydroxyl groups excluding tert-OH is 10. The Bertz CT molecular complexity index is 2130. The Hall–Kier alpha value is -5.62. The molecule has 2 bridgehead atoms. The first kappa shape index (κ1) is 69.6. The van der Waals surface area contributed by atoms with Crippen LogP contribution >= 0.6 is 0 Å². The second kappa shape index (κ2) is 37.5. The lowest BCUT2D eigenvalue weighted by molar-refractivity contribution is -0.299. The van der Waals surface area contributed by atoms with Gasteiger partial charge in [-0.2, -0.15) is 0 Å². The zero-order valence-electron chi connectivity index (χ0n) is 45.8. The van der Waals surface area contributed by atoms with E-state index >= 15 is 0 Å². The molecule has 456 valence electrons. The number of nitrogens with one attached hydrogen (secondary N) is 3. The monoisotopic (exact) mass is 1150 g/mol. The van der Waals surface area contributed by atoms with Crippen molar-refractivity contribution >= 4 is 24.2 Å². The van der Waals surface area contributed by atoms with Crippen molar-refractivity contribution in [2.24, 2.45) is 5.92 Å². The molecule has 0 saturated carbocycles. The quantitative estimate of drug-likeness (QED) is 0.0726. The molecule has 3 rings (SSSR count). The van der Waals surface area contributed by atoms with E-state index in [-0.39, 0.29) is 44.8 Å². The largest absolute Gasteiger partial charge is 0.508 e. The van der Waals surface area contributed by atoms with Gasteiger partial charge in [-0.15, -0.1) is 0 Å². The van der Waals surface area contributed by atoms with Crippen LogP contribution in [0.3, 0.4) is 0 Å². The van der Waals surface area contributed by atoms with Crippen molar-refractivity contribution in [2.75, 3.05) is 33.0 Å². The fourth-order valence-corrected chi connectivity index (χ4v) is 8.73. The number of aliphatic hydroxyl groups is 11. The Balaban J connectivity index is 2.09. The van der Waals surface area contributed by atoms with Crippen LogP contribution in [-0.2, 0) is 38.0 Å². The summed E-state index contributed by atoms with van der Waals surface area (Å²) in [4.78, 5) is 51.8. The molecule has 2 fully saturated rings. The molecule has 3 aliphatic heterocycles. The number of esters is 1. The summed E-state index contributed by atoms with van der Waals surface area (Å²) in [5, 5.41) is 127. The average molecular weight is 1150 g/mol. The van der Waals surface area contributed by atoms with Crippen LogP contribution in [0.4, 0.5) is 14.4 Å². The van der Waals surface area contributed by atoms with Crippen LogP contribution in [0.2, 0.25) is 0 Å². The number of fused-ring (bicyclic) bond motifs is 2. The average Bonchev–Trinajstić information content (AvgIpc) is 3.41. The number of urea groups is 1. The molecular weight excluding hydrogens is 1070 g/mol. The minimum atomic E-state index is -2.49. The summed E-state index contributed by atoms with van der Waals surface area (Å²) in [5.41, 5.74) is 0. The number of ether oxygens (including phenoxy) is 7. The summed E-state index contributed by atoms with van der Waals surface area (Å²) in [6.07, 6.45) is 2.30. The highest BCUT2D eigenvalue weighted by Crippen LogP contribution is 2.37. The zero-order chi connectivity index (χ0) is 59.9. The minimum absolute atomic E-state index is 0.115. The molecule has 0 spiro atoms. The highest BCUT2D eigenvalue weighted by atomic mass is 16.7. The molecule has 0 aromatic carbocycles. The van der Waals surface area contributed by atoms with Crippen molar-refractivity contribution in [1.29, 1.82) is 0 Å². The third kappa shape index (κ3) is 26.9. The molecule has 0 aromatic heterocycles. The van der Waals surface area contributed by atoms with Crippen molar-refractivity contribution in [3.05, 3.63) is 110 Å². The number of allylic oxidation sites excluding steroid dienone is 12. The highest BCUT2D eigenvalue weighted by molar-refractivity contribution is 5.75. The van der Waals surface area contributed by atoms with Gasteiger partial charge in [-0.05, 0) is 26.2 Å². The molecule has 3 aliphatic rings. The van der Waals surface area contributed by atoms with Crippen LogP contribution in [0.5, 0.6) is 0 Å². The van der Waals surface area contributed by atoms with E-state index in [9.17, 15) is 75.3 Å². The predicted octanol–water partition coefficient (Wildman–Crippen LogP) is 0.698. The lowest BCUT2D eigenvalue weighted by atomic mass is 9.86. The molecule has 3 amide bonds. The second-order valence-corrected chi connectivity index (χ2v) is 20.0. The van der Waals surface area contributed by atoms with Crippen LogP contribution in [0, 0.1) is 5.92 Å². The Labute approximate surface area is 471 Å². The van der Waals surface area contributed by atoms with E-state index in [1.54, 1.807) is 86.8 Å². The molecule has 0 unspecified atom stereocenters. The van der Waals surface area contributed by atoms with Gasteiger partial charge in [0.1, 0.15) is 37.6 Å². The van der Waals surface area contributed by atoms with Crippen molar-refractivity contribution in [2.45, 2.75) is 175 Å². The first-order chi connectivity index (χ1) is 38.6. The summed E-state index contributed by atoms with van der Waals surface area (Å²) in [5.74, 6) is -3.55. The van der Waals surface area contributed by atoms with Gasteiger partial charge in [0.05, 0.1) is 93.2 Å². The van der Waals surface area contributed by atoms with Gasteiger partial charge in [-0.3, -0.25) is 4.79 Å². The van der Waals surface area contributed by atoms with E-state index < -0.39 is 180 Å². The maximum absolute atomic E-state index is 13.5. The Morgan fingerprint density at radius 2 is 1.31 bits per heavy atom. The van der Waals surface area contributed by atoms with Gasteiger partial charge < -0.3 is 105 Å². The van der Waals surface area contributed by atoms with Crippen LogP contribution < -0.4 is 16.0 Å². The molecule has 2 saturated heterocycles. The topological polar surface area (TPSA) is 392 Å². The van der Waals surface area contributed by atoms with Gasteiger partial charge in [0, 0.05) is 38.0 Å². The van der Waals surface area contributed by atoms with Gasteiger partial charge in [0.25, 0.3) is 0 Å². The van der Waals surface area contributed by atoms with Crippen molar-refractivity contribution in [1.82, 2.24) is 16.0 Å². The van der Waals surface area contributed by atoms with Crippen molar-refractivity contribution in [3.8, 4) is 0 Å². The number of hydrogen-bond donors (Lipinski definition) is 14. The van der Waals surface area contributed by atoms with Gasteiger partial charge >= 0.3 is 24.2 Å². The molecule has 0 aliphatic carbocycles. The van der Waals surface area contributed by atoms with E-state index in [2.05, 4.69) is 29.1 Å². The third-order valence-electron chi connectivity index (χ3n) is 12.9. The maximum Gasteiger partial charge on any atom is 0.508 e. The second-order valence-electron chi connectivity index (χ2n) is 20.0. The molecule has 3 heterocycles. The molecule has 14 N–H and O–H groups in total. The van der Waals surface area contributed by atoms with E-state index in [0.717, 1.165) is 0 Å². The van der Waals surface area contributed by atoms with Crippen LogP contribution in [0.1, 0.15) is 71.6 Å². The Morgan fingerprint density at radius 1 is 0.704 bits per heavy atom. The van der Waals surface area contributed by atoms with E-state index in [4.69, 9.17) is 33.2 Å². The molecule has 81 heavy (non-hydrogen) atoms. The summed E-state index contributed by atoms with van der Waals surface area (Å²) < 4.78 is 39.4.